The topological polar surface area (TPSA) is 273 Å². The van der Waals surface area contributed by atoms with Crippen molar-refractivity contribution in [2.24, 2.45) is 34.6 Å². The molecule has 0 aliphatic heterocycles. The molecular weight excluding hydrogens is 672 g/mol. The highest BCUT2D eigenvalue weighted by Crippen LogP contribution is 2.39. The predicted octanol–water partition coefficient (Wildman–Crippen LogP) is 5.04. The summed E-state index contributed by atoms with van der Waals surface area (Å²) >= 11 is 0. The molecule has 0 atom stereocenters. The molecule has 6 N–H and O–H groups in total. The molecule has 0 aliphatic rings. The van der Waals surface area contributed by atoms with Gasteiger partial charge in [-0.3, -0.25) is 0 Å². The third kappa shape index (κ3) is 5.87. The number of nitrogen functional groups attached to an aromatic ring is 2. The first-order valence-corrected chi connectivity index (χ1v) is 15.2. The molecule has 258 valence electrons. The normalized spacial score (nSPS) is 11.6. The maximum atomic E-state index is 11.7. The van der Waals surface area contributed by atoms with Gasteiger partial charge in [-0.25, -0.2) is 28.9 Å². The Morgan fingerprint density at radius 2 is 1.04 bits per heavy atom. The number of hydrogen-bond acceptors (Lipinski definition) is 14. The Hall–Kier alpha value is -7.90. The third-order valence-corrected chi connectivity index (χ3v) is 7.72. The van der Waals surface area contributed by atoms with Crippen molar-refractivity contribution in [1.82, 2.24) is 49.1 Å². The highest BCUT2D eigenvalue weighted by molar-refractivity contribution is 5.93. The van der Waals surface area contributed by atoms with Gasteiger partial charge in [0, 0.05) is 31.3 Å². The quantitative estimate of drug-likeness (QED) is 0.137. The minimum Gasteiger partial charge on any atom is -0.477 e. The van der Waals surface area contributed by atoms with Crippen molar-refractivity contribution in [2.45, 2.75) is 0 Å². The second-order valence-corrected chi connectivity index (χ2v) is 11.0. The van der Waals surface area contributed by atoms with Crippen molar-refractivity contribution in [3.63, 3.8) is 0 Å². The molecule has 20 nitrogen and oxygen atoms in total. The van der Waals surface area contributed by atoms with Crippen molar-refractivity contribution in [1.29, 1.82) is 0 Å². The van der Waals surface area contributed by atoms with E-state index in [1.54, 1.807) is 24.3 Å². The van der Waals surface area contributed by atoms with Crippen LogP contribution in [0.15, 0.2) is 106 Å². The van der Waals surface area contributed by atoms with E-state index in [-0.39, 0.29) is 57.4 Å². The van der Waals surface area contributed by atoms with E-state index in [4.69, 9.17) is 21.7 Å². The fourth-order valence-electron chi connectivity index (χ4n) is 5.14. The minimum absolute atomic E-state index is 0.00175. The lowest BCUT2D eigenvalue weighted by atomic mass is 10.1. The van der Waals surface area contributed by atoms with E-state index in [1.165, 1.54) is 57.6 Å². The van der Waals surface area contributed by atoms with Gasteiger partial charge >= 0.3 is 11.9 Å². The fraction of sp³-hybridized carbons (Fsp3) is 0.0625. The van der Waals surface area contributed by atoms with Crippen LogP contribution in [0.3, 0.4) is 0 Å². The summed E-state index contributed by atoms with van der Waals surface area (Å²) in [4.78, 5) is 32.3. The lowest BCUT2D eigenvalue weighted by Gasteiger charge is -2.06. The largest absolute Gasteiger partial charge is 0.477 e. The Morgan fingerprint density at radius 3 is 1.42 bits per heavy atom. The summed E-state index contributed by atoms with van der Waals surface area (Å²) in [7, 11) is 3.08. The minimum atomic E-state index is -1.22. The average molecular weight is 699 g/mol. The second kappa shape index (κ2) is 13.2. The molecule has 2 aromatic carbocycles. The molecule has 0 unspecified atom stereocenters. The first-order valence-electron chi connectivity index (χ1n) is 15.2. The van der Waals surface area contributed by atoms with Crippen LogP contribution in [0.25, 0.3) is 34.2 Å². The van der Waals surface area contributed by atoms with Crippen molar-refractivity contribution in [3.8, 4) is 34.2 Å². The molecule has 5 heterocycles. The Morgan fingerprint density at radius 1 is 0.635 bits per heavy atom. The zero-order chi connectivity index (χ0) is 36.5. The van der Waals surface area contributed by atoms with Crippen LogP contribution in [0, 0.1) is 0 Å². The van der Waals surface area contributed by atoms with Gasteiger partial charge in [0.15, 0.2) is 46.3 Å². The Balaban J connectivity index is 1.34. The number of aromatic carboxylic acids is 2. The van der Waals surface area contributed by atoms with Crippen LogP contribution in [0.1, 0.15) is 20.7 Å². The summed E-state index contributed by atoms with van der Waals surface area (Å²) < 4.78 is 5.22. The summed E-state index contributed by atoms with van der Waals surface area (Å²) in [6.07, 6.45) is 3.61. The first kappa shape index (κ1) is 32.6. The fourth-order valence-corrected chi connectivity index (χ4v) is 5.14. The molecule has 7 rings (SSSR count). The van der Waals surface area contributed by atoms with E-state index in [0.29, 0.717) is 22.5 Å². The van der Waals surface area contributed by atoms with Crippen LogP contribution in [-0.2, 0) is 14.1 Å². The lowest BCUT2D eigenvalue weighted by molar-refractivity contribution is 0.0686. The van der Waals surface area contributed by atoms with E-state index in [9.17, 15) is 19.8 Å². The van der Waals surface area contributed by atoms with Crippen LogP contribution in [0.2, 0.25) is 0 Å². The van der Waals surface area contributed by atoms with Gasteiger partial charge in [-0.15, -0.1) is 20.5 Å². The number of aryl methyl sites for hydroxylation is 2. The molecule has 7 aromatic rings. The van der Waals surface area contributed by atoms with Gasteiger partial charge in [-0.2, -0.15) is 29.8 Å². The first-order chi connectivity index (χ1) is 25.1. The number of azo groups is 2. The summed E-state index contributed by atoms with van der Waals surface area (Å²) in [5.74, 6) is -1.97. The number of carboxylic acids is 2. The van der Waals surface area contributed by atoms with Gasteiger partial charge in [0.2, 0.25) is 0 Å². The maximum absolute atomic E-state index is 11.7. The molecule has 20 heteroatoms. The number of anilines is 2. The summed E-state index contributed by atoms with van der Waals surface area (Å²) in [6, 6.07) is 19.7. The lowest BCUT2D eigenvalue weighted by Crippen LogP contribution is -2.09. The molecule has 0 saturated carbocycles. The van der Waals surface area contributed by atoms with E-state index in [1.807, 2.05) is 36.4 Å². The van der Waals surface area contributed by atoms with E-state index in [0.717, 1.165) is 0 Å². The molecule has 52 heavy (non-hydrogen) atoms. The highest BCUT2D eigenvalue weighted by Gasteiger charge is 2.24. The zero-order valence-electron chi connectivity index (χ0n) is 27.2. The molecule has 0 amide bonds. The molecule has 0 fully saturated rings. The summed E-state index contributed by atoms with van der Waals surface area (Å²) in [5.41, 5.74) is 15.2. The SMILES string of the molecule is Cn1ncc(C(=O)O)c1N=Nc1c(-c2ccccc2)nn(-c2cc(-n3nc(-c4ccccc4)c(N=Nc4c(C(=O)O)cnn4C)c3N)ncn2)c1N. The number of nitrogens with zero attached hydrogens (tertiary/aromatic N) is 14. The van der Waals surface area contributed by atoms with E-state index >= 15 is 0 Å². The monoisotopic (exact) mass is 698 g/mol. The number of hydrogen-bond donors (Lipinski definition) is 4. The van der Waals surface area contributed by atoms with Crippen molar-refractivity contribution >= 4 is 46.6 Å². The number of rotatable bonds is 10. The molecule has 0 spiro atoms. The second-order valence-electron chi connectivity index (χ2n) is 11.0. The average Bonchev–Trinajstić information content (AvgIpc) is 3.90. The summed E-state index contributed by atoms with van der Waals surface area (Å²) in [6.45, 7) is 0. The third-order valence-electron chi connectivity index (χ3n) is 7.72. The maximum Gasteiger partial charge on any atom is 0.341 e. The molecule has 0 saturated heterocycles. The highest BCUT2D eigenvalue weighted by atomic mass is 16.4. The van der Waals surface area contributed by atoms with Crippen molar-refractivity contribution in [2.75, 3.05) is 11.5 Å². The van der Waals surface area contributed by atoms with Crippen LogP contribution in [0.5, 0.6) is 0 Å². The number of nitrogens with two attached hydrogens (primary N) is 2. The van der Waals surface area contributed by atoms with Crippen molar-refractivity contribution < 1.29 is 19.8 Å². The van der Waals surface area contributed by atoms with Gasteiger partial charge < -0.3 is 21.7 Å². The van der Waals surface area contributed by atoms with Crippen LogP contribution in [0.4, 0.5) is 34.6 Å². The zero-order valence-corrected chi connectivity index (χ0v) is 27.2. The molecular formula is C32H26N16O4. The van der Waals surface area contributed by atoms with Crippen LogP contribution in [-0.4, -0.2) is 71.2 Å². The number of carbonyl (C=O) groups is 2. The Labute approximate surface area is 292 Å². The summed E-state index contributed by atoms with van der Waals surface area (Å²) in [5, 5.41) is 53.5. The van der Waals surface area contributed by atoms with Crippen LogP contribution >= 0.6 is 0 Å². The number of benzene rings is 2. The molecule has 5 aromatic heterocycles. The molecule has 0 radical (unpaired) electrons. The molecule has 0 aliphatic carbocycles. The molecule has 0 bridgehead atoms. The Kier molecular flexibility index (Phi) is 8.28. The number of aromatic nitrogens is 10. The smallest absolute Gasteiger partial charge is 0.341 e. The van der Waals surface area contributed by atoms with Gasteiger partial charge in [-0.05, 0) is 0 Å². The van der Waals surface area contributed by atoms with Gasteiger partial charge in [0.05, 0.1) is 12.4 Å². The predicted molar refractivity (Wildman–Crippen MR) is 185 cm³/mol. The van der Waals surface area contributed by atoms with Gasteiger partial charge in [-0.1, -0.05) is 60.7 Å². The van der Waals surface area contributed by atoms with Crippen LogP contribution < -0.4 is 11.5 Å². The van der Waals surface area contributed by atoms with E-state index < -0.39 is 11.9 Å². The van der Waals surface area contributed by atoms with Crippen molar-refractivity contribution in [3.05, 3.63) is 96.6 Å². The standard InChI is InChI=1S/C32H26N16O4/c1-45-29(19(14-37-45)31(49)50)41-39-25-23(17-9-5-3-6-10-17)43-47(27(25)33)21-13-22(36-16-35-21)48-28(34)26(24(44-48)18-11-7-4-8-12-18)40-42-30-20(32(51)52)15-38-46(30)2/h3-16H,33-34H2,1-2H3,(H,49,50)(H,51,52). The van der Waals surface area contributed by atoms with Gasteiger partial charge in [0.25, 0.3) is 0 Å². The van der Waals surface area contributed by atoms with E-state index in [2.05, 4.69) is 40.6 Å². The Bertz CT molecular complexity index is 2360. The van der Waals surface area contributed by atoms with Gasteiger partial charge in [0.1, 0.15) is 28.8 Å². The number of carboxylic acid groups (broad SMARTS) is 2.